The molecule has 0 unspecified atom stereocenters. The van der Waals surface area contributed by atoms with Crippen molar-refractivity contribution in [1.29, 1.82) is 0 Å². The van der Waals surface area contributed by atoms with E-state index >= 15 is 0 Å². The first kappa shape index (κ1) is 37.8. The summed E-state index contributed by atoms with van der Waals surface area (Å²) in [6.45, 7) is 8.24. The van der Waals surface area contributed by atoms with E-state index in [4.69, 9.17) is 18.9 Å². The lowest BCUT2D eigenvalue weighted by Gasteiger charge is -2.43. The summed E-state index contributed by atoms with van der Waals surface area (Å²) in [4.78, 5) is 0. The van der Waals surface area contributed by atoms with Gasteiger partial charge in [-0.15, -0.1) is 0 Å². The van der Waals surface area contributed by atoms with Gasteiger partial charge in [-0.3, -0.25) is 0 Å². The molecular weight excluding hydrogens is 504 g/mol. The van der Waals surface area contributed by atoms with Crippen LogP contribution in [0.25, 0.3) is 0 Å². The minimum Gasteiger partial charge on any atom is -0.394 e. The Morgan fingerprint density at radius 3 is 1.23 bits per heavy atom. The van der Waals surface area contributed by atoms with Crippen LogP contribution in [-0.2, 0) is 18.9 Å². The SMILES string of the molecule is CCCCCCCCCCCCO[C@H]1[C@H](O)[C@@H](CO)O[C@@H](OCCCCCCCC)[C@@H]1OCCCCCCCC. The van der Waals surface area contributed by atoms with E-state index in [-0.39, 0.29) is 6.61 Å². The van der Waals surface area contributed by atoms with Crippen LogP contribution in [-0.4, -0.2) is 67.3 Å². The maximum Gasteiger partial charge on any atom is 0.186 e. The molecule has 1 saturated heterocycles. The quantitative estimate of drug-likeness (QED) is 0.0875. The van der Waals surface area contributed by atoms with Crippen molar-refractivity contribution in [2.75, 3.05) is 26.4 Å². The van der Waals surface area contributed by atoms with Crippen molar-refractivity contribution >= 4 is 0 Å². The van der Waals surface area contributed by atoms with Crippen molar-refractivity contribution in [2.24, 2.45) is 0 Å². The van der Waals surface area contributed by atoms with Gasteiger partial charge in [0.2, 0.25) is 0 Å². The first-order valence-corrected chi connectivity index (χ1v) is 17.5. The fourth-order valence-electron chi connectivity index (χ4n) is 5.54. The molecule has 0 aromatic carbocycles. The van der Waals surface area contributed by atoms with Crippen molar-refractivity contribution in [2.45, 2.75) is 193 Å². The average Bonchev–Trinajstić information content (AvgIpc) is 2.96. The van der Waals surface area contributed by atoms with Crippen LogP contribution in [0.2, 0.25) is 0 Å². The topological polar surface area (TPSA) is 77.4 Å². The minimum atomic E-state index is -0.934. The van der Waals surface area contributed by atoms with E-state index in [1.54, 1.807) is 0 Å². The van der Waals surface area contributed by atoms with Crippen LogP contribution in [0, 0.1) is 0 Å². The van der Waals surface area contributed by atoms with E-state index in [1.807, 2.05) is 0 Å². The van der Waals surface area contributed by atoms with Gasteiger partial charge >= 0.3 is 0 Å². The zero-order valence-corrected chi connectivity index (χ0v) is 26.8. The Kier molecular flexibility index (Phi) is 26.1. The van der Waals surface area contributed by atoms with Crippen molar-refractivity contribution in [3.8, 4) is 0 Å². The van der Waals surface area contributed by atoms with E-state index in [9.17, 15) is 10.2 Å². The second kappa shape index (κ2) is 27.6. The van der Waals surface area contributed by atoms with Crippen LogP contribution in [0.15, 0.2) is 0 Å². The second-order valence-electron chi connectivity index (χ2n) is 12.0. The number of hydrogen-bond acceptors (Lipinski definition) is 6. The standard InChI is InChI=1S/C34H68O6/c1-4-7-10-13-16-17-18-19-22-23-26-37-32-31(36)30(29-35)40-34(39-28-25-21-15-12-9-6-3)33(32)38-27-24-20-14-11-8-5-2/h30-36H,4-29H2,1-3H3/t30-,31-,32+,33-,34-/m1/s1. The van der Waals surface area contributed by atoms with Gasteiger partial charge in [-0.2, -0.15) is 0 Å². The highest BCUT2D eigenvalue weighted by Crippen LogP contribution is 2.28. The fourth-order valence-corrected chi connectivity index (χ4v) is 5.54. The first-order valence-electron chi connectivity index (χ1n) is 17.5. The molecule has 1 rings (SSSR count). The van der Waals surface area contributed by atoms with Crippen molar-refractivity contribution in [3.05, 3.63) is 0 Å². The number of hydrogen-bond donors (Lipinski definition) is 2. The van der Waals surface area contributed by atoms with Gasteiger partial charge in [-0.1, -0.05) is 143 Å². The molecule has 5 atom stereocenters. The van der Waals surface area contributed by atoms with Gasteiger partial charge in [-0.05, 0) is 19.3 Å². The fraction of sp³-hybridized carbons (Fsp3) is 1.00. The zero-order chi connectivity index (χ0) is 29.1. The summed E-state index contributed by atoms with van der Waals surface area (Å²) in [5.74, 6) is 0. The summed E-state index contributed by atoms with van der Waals surface area (Å²) in [6.07, 6.45) is 23.7. The minimum absolute atomic E-state index is 0.264. The third-order valence-corrected chi connectivity index (χ3v) is 8.19. The van der Waals surface area contributed by atoms with E-state index in [0.29, 0.717) is 19.8 Å². The highest BCUT2D eigenvalue weighted by Gasteiger charge is 2.47. The molecule has 40 heavy (non-hydrogen) atoms. The largest absolute Gasteiger partial charge is 0.394 e. The van der Waals surface area contributed by atoms with Gasteiger partial charge in [0, 0.05) is 19.8 Å². The van der Waals surface area contributed by atoms with E-state index in [1.165, 1.54) is 103 Å². The number of rotatable bonds is 29. The number of aliphatic hydroxyl groups is 2. The van der Waals surface area contributed by atoms with Gasteiger partial charge in [0.25, 0.3) is 0 Å². The molecule has 0 radical (unpaired) electrons. The third-order valence-electron chi connectivity index (χ3n) is 8.19. The maximum absolute atomic E-state index is 11.0. The number of aliphatic hydroxyl groups excluding tert-OH is 2. The van der Waals surface area contributed by atoms with Crippen LogP contribution in [0.5, 0.6) is 0 Å². The molecule has 0 aliphatic carbocycles. The normalized spacial score (nSPS) is 23.2. The third kappa shape index (κ3) is 18.3. The lowest BCUT2D eigenvalue weighted by molar-refractivity contribution is -0.316. The van der Waals surface area contributed by atoms with E-state index in [2.05, 4.69) is 20.8 Å². The molecule has 1 fully saturated rings. The van der Waals surface area contributed by atoms with Crippen molar-refractivity contribution < 1.29 is 29.2 Å². The summed E-state index contributed by atoms with van der Waals surface area (Å²) in [7, 11) is 0. The predicted octanol–water partition coefficient (Wildman–Crippen LogP) is 8.49. The van der Waals surface area contributed by atoms with Crippen LogP contribution in [0.3, 0.4) is 0 Å². The Balaban J connectivity index is 2.54. The summed E-state index contributed by atoms with van der Waals surface area (Å²) in [6, 6.07) is 0. The molecule has 0 spiro atoms. The molecular formula is C34H68O6. The summed E-state index contributed by atoms with van der Waals surface area (Å²) >= 11 is 0. The molecule has 6 heteroatoms. The van der Waals surface area contributed by atoms with Gasteiger partial charge < -0.3 is 29.2 Å². The van der Waals surface area contributed by atoms with Gasteiger partial charge in [0.1, 0.15) is 24.4 Å². The molecule has 240 valence electrons. The van der Waals surface area contributed by atoms with Crippen molar-refractivity contribution in [1.82, 2.24) is 0 Å². The zero-order valence-electron chi connectivity index (χ0n) is 26.8. The summed E-state index contributed by atoms with van der Waals surface area (Å²) < 4.78 is 24.8. The molecule has 6 nitrogen and oxygen atoms in total. The van der Waals surface area contributed by atoms with Crippen LogP contribution in [0.4, 0.5) is 0 Å². The van der Waals surface area contributed by atoms with Gasteiger partial charge in [0.15, 0.2) is 6.29 Å². The van der Waals surface area contributed by atoms with Crippen LogP contribution < -0.4 is 0 Å². The smallest absolute Gasteiger partial charge is 0.186 e. The lowest BCUT2D eigenvalue weighted by atomic mass is 9.98. The second-order valence-corrected chi connectivity index (χ2v) is 12.0. The molecule has 1 aliphatic heterocycles. The summed E-state index contributed by atoms with van der Waals surface area (Å²) in [5.41, 5.74) is 0. The highest BCUT2D eigenvalue weighted by molar-refractivity contribution is 4.91. The maximum atomic E-state index is 11.0. The van der Waals surface area contributed by atoms with Crippen LogP contribution >= 0.6 is 0 Å². The first-order chi connectivity index (χ1) is 19.7. The predicted molar refractivity (Wildman–Crippen MR) is 166 cm³/mol. The monoisotopic (exact) mass is 573 g/mol. The Morgan fingerprint density at radius 2 is 0.825 bits per heavy atom. The van der Waals surface area contributed by atoms with Crippen molar-refractivity contribution in [3.63, 3.8) is 0 Å². The average molecular weight is 573 g/mol. The molecule has 0 aromatic heterocycles. The summed E-state index contributed by atoms with van der Waals surface area (Å²) in [5, 5.41) is 20.9. The molecule has 2 N–H and O–H groups in total. The number of unbranched alkanes of at least 4 members (excludes halogenated alkanes) is 19. The molecule has 0 aromatic rings. The Bertz CT molecular complexity index is 519. The van der Waals surface area contributed by atoms with Gasteiger partial charge in [-0.25, -0.2) is 0 Å². The Morgan fingerprint density at radius 1 is 0.475 bits per heavy atom. The van der Waals surface area contributed by atoms with E-state index < -0.39 is 30.7 Å². The molecule has 0 bridgehead atoms. The molecule has 1 heterocycles. The van der Waals surface area contributed by atoms with Gasteiger partial charge in [0.05, 0.1) is 6.61 Å². The highest BCUT2D eigenvalue weighted by atomic mass is 16.7. The molecule has 0 amide bonds. The van der Waals surface area contributed by atoms with E-state index in [0.717, 1.165) is 38.5 Å². The Hall–Kier alpha value is -0.240. The lowest BCUT2D eigenvalue weighted by Crippen LogP contribution is -2.61. The van der Waals surface area contributed by atoms with Crippen LogP contribution in [0.1, 0.15) is 162 Å². The molecule has 0 saturated carbocycles. The Labute approximate surface area is 248 Å². The molecule has 1 aliphatic rings. The number of ether oxygens (including phenoxy) is 4.